The van der Waals surface area contributed by atoms with Gasteiger partial charge in [0, 0.05) is 0 Å². The highest BCUT2D eigenvalue weighted by molar-refractivity contribution is 5.90. The van der Waals surface area contributed by atoms with Gasteiger partial charge in [-0.1, -0.05) is 0 Å². The lowest BCUT2D eigenvalue weighted by Crippen LogP contribution is -2.09. The van der Waals surface area contributed by atoms with E-state index in [4.69, 9.17) is 16.1 Å². The van der Waals surface area contributed by atoms with E-state index >= 15 is 0 Å². The van der Waals surface area contributed by atoms with Crippen LogP contribution >= 0.6 is 0 Å². The number of carboxylic acids is 1. The number of hydrogen-bond acceptors (Lipinski definition) is 4. The van der Waals surface area contributed by atoms with Gasteiger partial charge in [0.1, 0.15) is 17.3 Å². The van der Waals surface area contributed by atoms with Gasteiger partial charge >= 0.3 is 5.97 Å². The molecule has 1 rings (SSSR count). The first-order valence-electron chi connectivity index (χ1n) is 3.69. The molecule has 7 heteroatoms. The van der Waals surface area contributed by atoms with Crippen molar-refractivity contribution in [2.45, 2.75) is 6.43 Å². The molecular weight excluding hydrogens is 208 g/mol. The molecule has 1 aromatic heterocycles. The van der Waals surface area contributed by atoms with Crippen LogP contribution in [-0.4, -0.2) is 16.1 Å². The summed E-state index contributed by atoms with van der Waals surface area (Å²) in [6.45, 7) is 0. The van der Waals surface area contributed by atoms with Crippen molar-refractivity contribution in [2.24, 2.45) is 0 Å². The van der Waals surface area contributed by atoms with Crippen LogP contribution in [0.4, 0.5) is 14.5 Å². The molecule has 0 fully saturated rings. The number of carboxylic acid groups (broad SMARTS) is 1. The van der Waals surface area contributed by atoms with E-state index < -0.39 is 29.3 Å². The average Bonchev–Trinajstić information content (AvgIpc) is 2.16. The molecule has 15 heavy (non-hydrogen) atoms. The summed E-state index contributed by atoms with van der Waals surface area (Å²) in [6, 6.07) is 2.29. The Balaban J connectivity index is 3.47. The largest absolute Gasteiger partial charge is 0.476 e. The van der Waals surface area contributed by atoms with Crippen molar-refractivity contribution in [2.75, 3.05) is 5.73 Å². The Bertz CT molecular complexity index is 454. The van der Waals surface area contributed by atoms with Crippen molar-refractivity contribution in [3.63, 3.8) is 0 Å². The van der Waals surface area contributed by atoms with Gasteiger partial charge in [-0.3, -0.25) is 0 Å². The van der Waals surface area contributed by atoms with E-state index in [0.29, 0.717) is 0 Å². The van der Waals surface area contributed by atoms with Crippen LogP contribution in [-0.2, 0) is 0 Å². The van der Waals surface area contributed by atoms with E-state index in [1.54, 1.807) is 0 Å². The molecule has 78 valence electrons. The van der Waals surface area contributed by atoms with Crippen LogP contribution in [0.15, 0.2) is 6.07 Å². The number of nitriles is 1. The maximum absolute atomic E-state index is 12.2. The van der Waals surface area contributed by atoms with Crippen LogP contribution in [0.1, 0.15) is 28.2 Å². The van der Waals surface area contributed by atoms with E-state index in [0.717, 1.165) is 6.07 Å². The van der Waals surface area contributed by atoms with Crippen molar-refractivity contribution in [3.05, 3.63) is 23.0 Å². The Morgan fingerprint density at radius 2 is 2.27 bits per heavy atom. The third-order valence-corrected chi connectivity index (χ3v) is 1.61. The first-order valence-corrected chi connectivity index (χ1v) is 3.69. The molecule has 0 radical (unpaired) electrons. The van der Waals surface area contributed by atoms with Gasteiger partial charge in [0.05, 0.1) is 5.69 Å². The van der Waals surface area contributed by atoms with Crippen LogP contribution in [0.3, 0.4) is 0 Å². The molecule has 0 saturated carbocycles. The zero-order valence-electron chi connectivity index (χ0n) is 7.24. The standard InChI is InChI=1S/C8H5F2N3O2/c9-7(10)5-1-4(12)3(2-11)6(13-5)8(14)15/h1,7H,(H2,12,13)(H,14,15). The number of anilines is 1. The summed E-state index contributed by atoms with van der Waals surface area (Å²) in [4.78, 5) is 13.7. The molecule has 0 spiro atoms. The second kappa shape index (κ2) is 3.88. The number of hydrogen-bond donors (Lipinski definition) is 2. The maximum Gasteiger partial charge on any atom is 0.355 e. The SMILES string of the molecule is N#Cc1c(N)cc(C(F)F)nc1C(=O)O. The van der Waals surface area contributed by atoms with Gasteiger partial charge in [0.2, 0.25) is 0 Å². The van der Waals surface area contributed by atoms with Crippen LogP contribution in [0.25, 0.3) is 0 Å². The zero-order chi connectivity index (χ0) is 11.6. The van der Waals surface area contributed by atoms with E-state index in [1.165, 1.54) is 6.07 Å². The number of carbonyl (C=O) groups is 1. The van der Waals surface area contributed by atoms with Gasteiger partial charge in [0.25, 0.3) is 6.43 Å². The Morgan fingerprint density at radius 1 is 1.67 bits per heavy atom. The van der Waals surface area contributed by atoms with Crippen LogP contribution in [0.2, 0.25) is 0 Å². The van der Waals surface area contributed by atoms with Crippen molar-refractivity contribution in [3.8, 4) is 6.07 Å². The first kappa shape index (κ1) is 10.8. The fraction of sp³-hybridized carbons (Fsp3) is 0.125. The van der Waals surface area contributed by atoms with Gasteiger partial charge < -0.3 is 10.8 Å². The van der Waals surface area contributed by atoms with Gasteiger partial charge in [0.15, 0.2) is 5.69 Å². The normalized spacial score (nSPS) is 10.0. The predicted molar refractivity (Wildman–Crippen MR) is 45.3 cm³/mol. The summed E-state index contributed by atoms with van der Waals surface area (Å²) in [5.74, 6) is -1.57. The second-order valence-corrected chi connectivity index (χ2v) is 2.58. The zero-order valence-corrected chi connectivity index (χ0v) is 7.24. The quantitative estimate of drug-likeness (QED) is 0.767. The van der Waals surface area contributed by atoms with Crippen LogP contribution in [0.5, 0.6) is 0 Å². The molecule has 0 atom stereocenters. The fourth-order valence-corrected chi connectivity index (χ4v) is 0.970. The minimum absolute atomic E-state index is 0.319. The molecule has 0 saturated heterocycles. The fourth-order valence-electron chi connectivity index (χ4n) is 0.970. The smallest absolute Gasteiger partial charge is 0.355 e. The molecule has 0 aliphatic heterocycles. The topological polar surface area (TPSA) is 100 Å². The Hall–Kier alpha value is -2.23. The summed E-state index contributed by atoms with van der Waals surface area (Å²) in [5.41, 5.74) is 3.00. The molecule has 1 aromatic rings. The molecule has 0 aliphatic rings. The van der Waals surface area contributed by atoms with Crippen molar-refractivity contribution >= 4 is 11.7 Å². The number of rotatable bonds is 2. The van der Waals surface area contributed by atoms with Gasteiger partial charge in [-0.2, -0.15) is 5.26 Å². The summed E-state index contributed by atoms with van der Waals surface area (Å²) >= 11 is 0. The van der Waals surface area contributed by atoms with Crippen LogP contribution in [0, 0.1) is 11.3 Å². The Labute approximate surface area is 82.8 Å². The maximum atomic E-state index is 12.2. The van der Waals surface area contributed by atoms with Gasteiger partial charge in [-0.15, -0.1) is 0 Å². The summed E-state index contributed by atoms with van der Waals surface area (Å²) in [5, 5.41) is 17.2. The van der Waals surface area contributed by atoms with Gasteiger partial charge in [-0.05, 0) is 6.07 Å². The number of nitrogens with zero attached hydrogens (tertiary/aromatic N) is 2. The first-order chi connectivity index (χ1) is 6.97. The molecule has 5 nitrogen and oxygen atoms in total. The third-order valence-electron chi connectivity index (χ3n) is 1.61. The number of nitrogens with two attached hydrogens (primary N) is 1. The minimum atomic E-state index is -2.93. The molecule has 0 unspecified atom stereocenters. The molecule has 3 N–H and O–H groups in total. The second-order valence-electron chi connectivity index (χ2n) is 2.58. The van der Waals surface area contributed by atoms with Crippen molar-refractivity contribution in [1.82, 2.24) is 4.98 Å². The van der Waals surface area contributed by atoms with E-state index in [2.05, 4.69) is 4.98 Å². The molecule has 0 bridgehead atoms. The minimum Gasteiger partial charge on any atom is -0.476 e. The highest BCUT2D eigenvalue weighted by Crippen LogP contribution is 2.23. The highest BCUT2D eigenvalue weighted by Gasteiger charge is 2.20. The number of nitrogen functional groups attached to an aromatic ring is 1. The monoisotopic (exact) mass is 213 g/mol. The summed E-state index contributed by atoms with van der Waals surface area (Å²) in [6.07, 6.45) is -2.93. The number of aromatic nitrogens is 1. The average molecular weight is 213 g/mol. The summed E-state index contributed by atoms with van der Waals surface area (Å²) < 4.78 is 24.5. The van der Waals surface area contributed by atoms with Gasteiger partial charge in [-0.25, -0.2) is 18.6 Å². The lowest BCUT2D eigenvalue weighted by molar-refractivity contribution is 0.0688. The number of pyridine rings is 1. The number of alkyl halides is 2. The van der Waals surface area contributed by atoms with E-state index in [9.17, 15) is 13.6 Å². The molecule has 0 aliphatic carbocycles. The lowest BCUT2D eigenvalue weighted by atomic mass is 10.1. The van der Waals surface area contributed by atoms with E-state index in [-0.39, 0.29) is 5.69 Å². The third kappa shape index (κ3) is 1.99. The van der Waals surface area contributed by atoms with E-state index in [1.807, 2.05) is 0 Å². The molecule has 1 heterocycles. The number of halogens is 2. The van der Waals surface area contributed by atoms with Crippen molar-refractivity contribution in [1.29, 1.82) is 5.26 Å². The Kier molecular flexibility index (Phi) is 2.80. The lowest BCUT2D eigenvalue weighted by Gasteiger charge is -2.05. The van der Waals surface area contributed by atoms with Crippen molar-refractivity contribution < 1.29 is 18.7 Å². The molecule has 0 aromatic carbocycles. The Morgan fingerprint density at radius 3 is 2.67 bits per heavy atom. The van der Waals surface area contributed by atoms with Crippen LogP contribution < -0.4 is 5.73 Å². The highest BCUT2D eigenvalue weighted by atomic mass is 19.3. The molecule has 0 amide bonds. The summed E-state index contributed by atoms with van der Waals surface area (Å²) in [7, 11) is 0. The predicted octanol–water partition coefficient (Wildman–Crippen LogP) is 1.17. The number of aromatic carboxylic acids is 1. The molecular formula is C8H5F2N3O2.